The van der Waals surface area contributed by atoms with E-state index in [-0.39, 0.29) is 6.10 Å². The van der Waals surface area contributed by atoms with Crippen molar-refractivity contribution >= 4 is 0 Å². The maximum atomic E-state index is 5.69. The molecule has 2 saturated heterocycles. The monoisotopic (exact) mass is 227 g/mol. The summed E-state index contributed by atoms with van der Waals surface area (Å²) >= 11 is 0. The molecule has 0 aromatic rings. The minimum Gasteiger partial charge on any atom is -0.379 e. The van der Waals surface area contributed by atoms with Crippen molar-refractivity contribution in [2.75, 3.05) is 39.8 Å². The first-order valence-electron chi connectivity index (χ1n) is 6.45. The first-order valence-corrected chi connectivity index (χ1v) is 6.45. The van der Waals surface area contributed by atoms with Gasteiger partial charge in [-0.1, -0.05) is 0 Å². The average molecular weight is 227 g/mol. The van der Waals surface area contributed by atoms with Gasteiger partial charge in [0.15, 0.2) is 0 Å². The van der Waals surface area contributed by atoms with Crippen LogP contribution < -0.4 is 5.73 Å². The molecule has 2 heterocycles. The van der Waals surface area contributed by atoms with Crippen molar-refractivity contribution in [1.29, 1.82) is 0 Å². The first kappa shape index (κ1) is 12.3. The van der Waals surface area contributed by atoms with Gasteiger partial charge in [0, 0.05) is 45.4 Å². The predicted molar refractivity (Wildman–Crippen MR) is 65.5 cm³/mol. The van der Waals surface area contributed by atoms with Crippen LogP contribution in [0, 0.1) is 0 Å². The van der Waals surface area contributed by atoms with E-state index in [4.69, 9.17) is 10.5 Å². The van der Waals surface area contributed by atoms with E-state index in [1.165, 1.54) is 32.5 Å². The second-order valence-corrected chi connectivity index (χ2v) is 5.19. The highest BCUT2D eigenvalue weighted by Crippen LogP contribution is 2.24. The third-order valence-corrected chi connectivity index (χ3v) is 4.10. The average Bonchev–Trinajstić information content (AvgIpc) is 2.72. The third-order valence-electron chi connectivity index (χ3n) is 4.10. The first-order chi connectivity index (χ1) is 7.74. The topological polar surface area (TPSA) is 41.7 Å². The number of hydrogen-bond donors (Lipinski definition) is 1. The Morgan fingerprint density at radius 3 is 2.94 bits per heavy atom. The number of nitrogens with zero attached hydrogens (tertiary/aromatic N) is 2. The van der Waals surface area contributed by atoms with E-state index >= 15 is 0 Å². The Balaban J connectivity index is 1.89. The fourth-order valence-corrected chi connectivity index (χ4v) is 3.01. The predicted octanol–water partition coefficient (Wildman–Crippen LogP) is 0.129. The summed E-state index contributed by atoms with van der Waals surface area (Å²) in [6.45, 7) is 7.63. The molecule has 0 amide bonds. The summed E-state index contributed by atoms with van der Waals surface area (Å²) in [5.74, 6) is 0. The van der Waals surface area contributed by atoms with Gasteiger partial charge >= 0.3 is 0 Å². The molecule has 0 spiro atoms. The van der Waals surface area contributed by atoms with Crippen molar-refractivity contribution in [1.82, 2.24) is 9.80 Å². The molecule has 2 aliphatic rings. The largest absolute Gasteiger partial charge is 0.379 e. The van der Waals surface area contributed by atoms with E-state index in [9.17, 15) is 0 Å². The highest BCUT2D eigenvalue weighted by atomic mass is 16.5. The van der Waals surface area contributed by atoms with Crippen LogP contribution in [-0.4, -0.2) is 67.8 Å². The van der Waals surface area contributed by atoms with Crippen LogP contribution in [0.3, 0.4) is 0 Å². The van der Waals surface area contributed by atoms with Gasteiger partial charge in [0.25, 0.3) is 0 Å². The molecule has 3 unspecified atom stereocenters. The molecule has 0 radical (unpaired) electrons. The van der Waals surface area contributed by atoms with Gasteiger partial charge in [-0.15, -0.1) is 0 Å². The molecule has 2 N–H and O–H groups in total. The van der Waals surface area contributed by atoms with Gasteiger partial charge in [0.1, 0.15) is 0 Å². The molecular formula is C12H25N3O. The van der Waals surface area contributed by atoms with Crippen molar-refractivity contribution in [2.24, 2.45) is 5.73 Å². The molecule has 2 aliphatic heterocycles. The second-order valence-electron chi connectivity index (χ2n) is 5.19. The summed E-state index contributed by atoms with van der Waals surface area (Å²) < 4.78 is 5.38. The number of nitrogens with two attached hydrogens (primary N) is 1. The van der Waals surface area contributed by atoms with E-state index < -0.39 is 0 Å². The zero-order valence-electron chi connectivity index (χ0n) is 10.6. The van der Waals surface area contributed by atoms with Gasteiger partial charge in [0.2, 0.25) is 0 Å². The summed E-state index contributed by atoms with van der Waals surface area (Å²) in [7, 11) is 1.76. The number of ether oxygens (including phenoxy) is 1. The number of piperazine rings is 1. The number of hydrogen-bond acceptors (Lipinski definition) is 4. The van der Waals surface area contributed by atoms with Crippen LogP contribution in [0.4, 0.5) is 0 Å². The zero-order chi connectivity index (χ0) is 11.5. The van der Waals surface area contributed by atoms with Gasteiger partial charge in [-0.3, -0.25) is 9.80 Å². The van der Waals surface area contributed by atoms with Crippen LogP contribution >= 0.6 is 0 Å². The van der Waals surface area contributed by atoms with Crippen LogP contribution in [-0.2, 0) is 4.74 Å². The highest BCUT2D eigenvalue weighted by molar-refractivity contribution is 4.91. The summed E-state index contributed by atoms with van der Waals surface area (Å²) in [6, 6.07) is 1.42. The number of rotatable bonds is 4. The van der Waals surface area contributed by atoms with Crippen LogP contribution in [0.1, 0.15) is 19.8 Å². The highest BCUT2D eigenvalue weighted by Gasteiger charge is 2.34. The molecule has 16 heavy (non-hydrogen) atoms. The van der Waals surface area contributed by atoms with Gasteiger partial charge in [0.05, 0.1) is 6.10 Å². The lowest BCUT2D eigenvalue weighted by Crippen LogP contribution is -2.57. The van der Waals surface area contributed by atoms with E-state index in [0.717, 1.165) is 12.6 Å². The van der Waals surface area contributed by atoms with Crippen molar-refractivity contribution in [3.05, 3.63) is 0 Å². The Kier molecular flexibility index (Phi) is 4.19. The second kappa shape index (κ2) is 5.45. The Hall–Kier alpha value is -0.160. The van der Waals surface area contributed by atoms with Crippen molar-refractivity contribution < 1.29 is 4.74 Å². The lowest BCUT2D eigenvalue weighted by molar-refractivity contribution is 0.00992. The molecule has 0 aliphatic carbocycles. The third kappa shape index (κ3) is 2.56. The van der Waals surface area contributed by atoms with Crippen LogP contribution in [0.25, 0.3) is 0 Å². The van der Waals surface area contributed by atoms with E-state index in [1.54, 1.807) is 7.11 Å². The molecule has 2 rings (SSSR count). The van der Waals surface area contributed by atoms with Crippen LogP contribution in [0.2, 0.25) is 0 Å². The summed E-state index contributed by atoms with van der Waals surface area (Å²) in [5.41, 5.74) is 5.69. The summed E-state index contributed by atoms with van der Waals surface area (Å²) in [6.07, 6.45) is 2.93. The normalized spacial score (nSPS) is 33.9. The van der Waals surface area contributed by atoms with Gasteiger partial charge in [-0.2, -0.15) is 0 Å². The molecule has 2 fully saturated rings. The number of fused-ring (bicyclic) bond motifs is 1. The smallest absolute Gasteiger partial charge is 0.0820 e. The summed E-state index contributed by atoms with van der Waals surface area (Å²) in [4.78, 5) is 5.19. The lowest BCUT2D eigenvalue weighted by Gasteiger charge is -2.43. The molecular weight excluding hydrogens is 202 g/mol. The number of methoxy groups -OCH3 is 1. The molecule has 94 valence electrons. The maximum Gasteiger partial charge on any atom is 0.0820 e. The molecule has 0 aromatic heterocycles. The van der Waals surface area contributed by atoms with Crippen molar-refractivity contribution in [3.8, 4) is 0 Å². The van der Waals surface area contributed by atoms with E-state index in [1.807, 2.05) is 0 Å². The van der Waals surface area contributed by atoms with Crippen molar-refractivity contribution in [3.63, 3.8) is 0 Å². The minimum absolute atomic E-state index is 0.190. The zero-order valence-corrected chi connectivity index (χ0v) is 10.6. The molecule has 4 nitrogen and oxygen atoms in total. The van der Waals surface area contributed by atoms with E-state index in [0.29, 0.717) is 12.6 Å². The quantitative estimate of drug-likeness (QED) is 0.741. The van der Waals surface area contributed by atoms with Crippen molar-refractivity contribution in [2.45, 2.75) is 38.0 Å². The fraction of sp³-hybridized carbons (Fsp3) is 1.00. The molecule has 4 heteroatoms. The Labute approximate surface area is 98.7 Å². The van der Waals surface area contributed by atoms with Gasteiger partial charge in [-0.05, 0) is 26.3 Å². The summed E-state index contributed by atoms with van der Waals surface area (Å²) in [5, 5.41) is 0. The molecule has 0 saturated carbocycles. The SMILES string of the molecule is COC(CN)CN1CC2CCCN2CC1C. The maximum absolute atomic E-state index is 5.69. The van der Waals surface area contributed by atoms with Gasteiger partial charge < -0.3 is 10.5 Å². The molecule has 3 atom stereocenters. The lowest BCUT2D eigenvalue weighted by atomic mass is 10.1. The fourth-order valence-electron chi connectivity index (χ4n) is 3.01. The Bertz CT molecular complexity index is 218. The van der Waals surface area contributed by atoms with Crippen LogP contribution in [0.15, 0.2) is 0 Å². The van der Waals surface area contributed by atoms with Gasteiger partial charge in [-0.25, -0.2) is 0 Å². The van der Waals surface area contributed by atoms with Crippen LogP contribution in [0.5, 0.6) is 0 Å². The molecule has 0 aromatic carbocycles. The Morgan fingerprint density at radius 2 is 2.25 bits per heavy atom. The minimum atomic E-state index is 0.190. The Morgan fingerprint density at radius 1 is 1.44 bits per heavy atom. The van der Waals surface area contributed by atoms with E-state index in [2.05, 4.69) is 16.7 Å². The molecule has 0 bridgehead atoms. The standard InChI is InChI=1S/C12H25N3O/c1-10-7-14-5-3-4-11(14)8-15(10)9-12(6-13)16-2/h10-12H,3-9,13H2,1-2H3.